The van der Waals surface area contributed by atoms with Gasteiger partial charge in [-0.3, -0.25) is 4.79 Å². The van der Waals surface area contributed by atoms with Crippen molar-refractivity contribution >= 4 is 11.6 Å². The Kier molecular flexibility index (Phi) is 4.19. The third-order valence-electron chi connectivity index (χ3n) is 6.50. The summed E-state index contributed by atoms with van der Waals surface area (Å²) in [7, 11) is 0. The molecule has 2 saturated heterocycles. The van der Waals surface area contributed by atoms with Gasteiger partial charge in [0.05, 0.1) is 12.6 Å². The largest absolute Gasteiger partial charge is 0.370 e. The number of hydrogen-bond donors (Lipinski definition) is 1. The first-order valence-corrected chi connectivity index (χ1v) is 10.1. The fourth-order valence-corrected chi connectivity index (χ4v) is 5.28. The number of fused-ring (bicyclic) bond motifs is 5. The standard InChI is InChI=1S/C23H32N2O2/c1-14-9-15(2)20(16(3)10-14)25-11-17-18(12-25)23(8-7-19(17)27-23)13-24-21(26)22(4,5)6/h7-10,17-19H,11-13H2,1-6H3,(H,24,26). The zero-order valence-corrected chi connectivity index (χ0v) is 17.4. The predicted molar refractivity (Wildman–Crippen MR) is 109 cm³/mol. The Hall–Kier alpha value is -1.81. The van der Waals surface area contributed by atoms with E-state index in [1.807, 2.05) is 20.8 Å². The van der Waals surface area contributed by atoms with E-state index >= 15 is 0 Å². The van der Waals surface area contributed by atoms with Crippen LogP contribution >= 0.6 is 0 Å². The minimum Gasteiger partial charge on any atom is -0.370 e. The first-order valence-electron chi connectivity index (χ1n) is 10.1. The van der Waals surface area contributed by atoms with Crippen LogP contribution in [-0.2, 0) is 9.53 Å². The van der Waals surface area contributed by atoms with Gasteiger partial charge < -0.3 is 15.0 Å². The number of nitrogens with zero attached hydrogens (tertiary/aromatic N) is 1. The van der Waals surface area contributed by atoms with Gasteiger partial charge in [-0.2, -0.15) is 0 Å². The summed E-state index contributed by atoms with van der Waals surface area (Å²) in [6.07, 6.45) is 4.60. The van der Waals surface area contributed by atoms with Crippen molar-refractivity contribution < 1.29 is 9.53 Å². The van der Waals surface area contributed by atoms with Crippen LogP contribution in [0.25, 0.3) is 0 Å². The van der Waals surface area contributed by atoms with Gasteiger partial charge in [-0.05, 0) is 31.9 Å². The minimum atomic E-state index is -0.381. The highest BCUT2D eigenvalue weighted by molar-refractivity contribution is 5.81. The lowest BCUT2D eigenvalue weighted by molar-refractivity contribution is -0.129. The van der Waals surface area contributed by atoms with E-state index < -0.39 is 0 Å². The lowest BCUT2D eigenvalue weighted by Crippen LogP contribution is -2.49. The summed E-state index contributed by atoms with van der Waals surface area (Å²) in [4.78, 5) is 14.9. The number of carbonyl (C=O) groups is 1. The molecule has 3 aliphatic heterocycles. The Morgan fingerprint density at radius 1 is 1.22 bits per heavy atom. The predicted octanol–water partition coefficient (Wildman–Crippen LogP) is 3.53. The first-order chi connectivity index (χ1) is 12.6. The Labute approximate surface area is 163 Å². The smallest absolute Gasteiger partial charge is 0.225 e. The molecule has 3 aliphatic rings. The van der Waals surface area contributed by atoms with Crippen molar-refractivity contribution in [3.63, 3.8) is 0 Å². The van der Waals surface area contributed by atoms with Gasteiger partial charge in [-0.25, -0.2) is 0 Å². The van der Waals surface area contributed by atoms with E-state index in [-0.39, 0.29) is 23.0 Å². The topological polar surface area (TPSA) is 41.6 Å². The van der Waals surface area contributed by atoms with Crippen LogP contribution in [0.4, 0.5) is 5.69 Å². The lowest BCUT2D eigenvalue weighted by Gasteiger charge is -2.32. The molecule has 2 fully saturated rings. The quantitative estimate of drug-likeness (QED) is 0.830. The normalized spacial score (nSPS) is 31.5. The molecule has 27 heavy (non-hydrogen) atoms. The molecule has 4 nitrogen and oxygen atoms in total. The van der Waals surface area contributed by atoms with Crippen LogP contribution in [0.2, 0.25) is 0 Å². The van der Waals surface area contributed by atoms with E-state index in [1.165, 1.54) is 22.4 Å². The van der Waals surface area contributed by atoms with E-state index in [2.05, 4.69) is 55.3 Å². The van der Waals surface area contributed by atoms with Gasteiger partial charge in [0.25, 0.3) is 0 Å². The van der Waals surface area contributed by atoms with E-state index in [0.717, 1.165) is 13.1 Å². The molecule has 1 amide bonds. The van der Waals surface area contributed by atoms with Crippen LogP contribution in [0.15, 0.2) is 24.3 Å². The Bertz CT molecular complexity index is 784. The number of ether oxygens (including phenoxy) is 1. The summed E-state index contributed by atoms with van der Waals surface area (Å²) in [6, 6.07) is 4.55. The van der Waals surface area contributed by atoms with Gasteiger partial charge in [0.15, 0.2) is 0 Å². The van der Waals surface area contributed by atoms with Gasteiger partial charge in [-0.15, -0.1) is 0 Å². The van der Waals surface area contributed by atoms with E-state index in [0.29, 0.717) is 18.4 Å². The van der Waals surface area contributed by atoms with Crippen molar-refractivity contribution in [3.8, 4) is 0 Å². The van der Waals surface area contributed by atoms with Gasteiger partial charge in [0, 0.05) is 36.0 Å². The Morgan fingerprint density at radius 3 is 2.52 bits per heavy atom. The lowest BCUT2D eigenvalue weighted by atomic mass is 9.77. The second-order valence-electron chi connectivity index (χ2n) is 9.75. The van der Waals surface area contributed by atoms with Crippen molar-refractivity contribution in [1.29, 1.82) is 0 Å². The molecule has 4 rings (SSSR count). The fourth-order valence-electron chi connectivity index (χ4n) is 5.28. The number of aryl methyl sites for hydroxylation is 3. The van der Waals surface area contributed by atoms with Crippen molar-refractivity contribution in [2.24, 2.45) is 17.3 Å². The average molecular weight is 369 g/mol. The van der Waals surface area contributed by atoms with E-state index in [9.17, 15) is 4.79 Å². The number of rotatable bonds is 3. The molecular formula is C23H32N2O2. The molecule has 4 heteroatoms. The van der Waals surface area contributed by atoms with Crippen LogP contribution in [0.5, 0.6) is 0 Å². The van der Waals surface area contributed by atoms with Gasteiger partial charge in [0.1, 0.15) is 5.60 Å². The molecule has 4 unspecified atom stereocenters. The summed E-state index contributed by atoms with van der Waals surface area (Å²) in [6.45, 7) is 15.0. The van der Waals surface area contributed by atoms with Crippen molar-refractivity contribution in [3.05, 3.63) is 41.0 Å². The molecule has 0 radical (unpaired) electrons. The second-order valence-corrected chi connectivity index (χ2v) is 9.75. The number of carbonyl (C=O) groups excluding carboxylic acids is 1. The molecule has 4 atom stereocenters. The fraction of sp³-hybridized carbons (Fsp3) is 0.609. The van der Waals surface area contributed by atoms with Gasteiger partial charge in [-0.1, -0.05) is 50.6 Å². The monoisotopic (exact) mass is 368 g/mol. The number of benzene rings is 1. The molecule has 1 aromatic rings. The Morgan fingerprint density at radius 2 is 1.89 bits per heavy atom. The summed E-state index contributed by atoms with van der Waals surface area (Å²) >= 11 is 0. The Balaban J connectivity index is 1.55. The number of hydrogen-bond acceptors (Lipinski definition) is 3. The average Bonchev–Trinajstić information content (AvgIpc) is 3.21. The van der Waals surface area contributed by atoms with Gasteiger partial charge >= 0.3 is 0 Å². The van der Waals surface area contributed by atoms with Crippen LogP contribution in [0.3, 0.4) is 0 Å². The van der Waals surface area contributed by atoms with Crippen LogP contribution in [0.1, 0.15) is 37.5 Å². The maximum absolute atomic E-state index is 12.4. The molecule has 0 spiro atoms. The summed E-state index contributed by atoms with van der Waals surface area (Å²) in [5, 5.41) is 3.15. The molecule has 0 saturated carbocycles. The summed E-state index contributed by atoms with van der Waals surface area (Å²) < 4.78 is 6.40. The molecule has 1 N–H and O–H groups in total. The molecule has 0 aromatic heterocycles. The van der Waals surface area contributed by atoms with Crippen LogP contribution in [-0.4, -0.2) is 37.2 Å². The van der Waals surface area contributed by atoms with Crippen molar-refractivity contribution in [2.45, 2.75) is 53.2 Å². The number of nitrogens with one attached hydrogen (secondary N) is 1. The molecule has 2 bridgehead atoms. The van der Waals surface area contributed by atoms with Crippen LogP contribution < -0.4 is 10.2 Å². The van der Waals surface area contributed by atoms with E-state index in [1.54, 1.807) is 0 Å². The highest BCUT2D eigenvalue weighted by atomic mass is 16.5. The number of amides is 1. The molecule has 1 aromatic carbocycles. The molecular weight excluding hydrogens is 336 g/mol. The zero-order valence-electron chi connectivity index (χ0n) is 17.4. The molecule has 0 aliphatic carbocycles. The second kappa shape index (κ2) is 6.10. The highest BCUT2D eigenvalue weighted by Gasteiger charge is 2.59. The number of anilines is 1. The zero-order chi connectivity index (χ0) is 19.6. The van der Waals surface area contributed by atoms with Crippen molar-refractivity contribution in [1.82, 2.24) is 5.32 Å². The molecule has 146 valence electrons. The summed E-state index contributed by atoms with van der Waals surface area (Å²) in [5.74, 6) is 1.01. The maximum Gasteiger partial charge on any atom is 0.225 e. The van der Waals surface area contributed by atoms with Crippen molar-refractivity contribution in [2.75, 3.05) is 24.5 Å². The highest BCUT2D eigenvalue weighted by Crippen LogP contribution is 2.51. The first kappa shape index (κ1) is 18.5. The molecule has 3 heterocycles. The third-order valence-corrected chi connectivity index (χ3v) is 6.50. The SMILES string of the molecule is Cc1cc(C)c(N2CC3C4C=CC(CNC(=O)C(C)(C)C)(O4)C3C2)c(C)c1. The minimum absolute atomic E-state index is 0.0841. The maximum atomic E-state index is 12.4. The van der Waals surface area contributed by atoms with Crippen LogP contribution in [0, 0.1) is 38.0 Å². The summed E-state index contributed by atoms with van der Waals surface area (Å²) in [5.41, 5.74) is 4.67. The van der Waals surface area contributed by atoms with Gasteiger partial charge in [0.2, 0.25) is 5.91 Å². The third kappa shape index (κ3) is 2.98. The van der Waals surface area contributed by atoms with E-state index in [4.69, 9.17) is 4.74 Å².